The van der Waals surface area contributed by atoms with Crippen LogP contribution in [0.25, 0.3) is 0 Å². The Bertz CT molecular complexity index is 346. The lowest BCUT2D eigenvalue weighted by Crippen LogP contribution is -2.11. The zero-order valence-corrected chi connectivity index (χ0v) is 8.95. The molecule has 0 aliphatic rings. The Labute approximate surface area is 89.7 Å². The van der Waals surface area contributed by atoms with E-state index in [4.69, 9.17) is 11.0 Å². The predicted molar refractivity (Wildman–Crippen MR) is 56.3 cm³/mol. The van der Waals surface area contributed by atoms with Crippen molar-refractivity contribution < 1.29 is 4.39 Å². The normalized spacial score (nSPS) is 12.2. The fourth-order valence-electron chi connectivity index (χ4n) is 1.01. The van der Waals surface area contributed by atoms with E-state index in [9.17, 15) is 4.39 Å². The summed E-state index contributed by atoms with van der Waals surface area (Å²) in [7, 11) is 0. The number of hydrogen-bond acceptors (Lipinski definition) is 2. The molecule has 1 atom stereocenters. The Balaban J connectivity index is 2.96. The lowest BCUT2D eigenvalue weighted by atomic mass is 10.1. The van der Waals surface area contributed by atoms with Crippen LogP contribution in [0.4, 0.5) is 4.39 Å². The van der Waals surface area contributed by atoms with Gasteiger partial charge in [-0.05, 0) is 34.7 Å². The molecule has 1 aromatic rings. The van der Waals surface area contributed by atoms with Gasteiger partial charge in [0.25, 0.3) is 0 Å². The highest BCUT2D eigenvalue weighted by molar-refractivity contribution is 14.1. The lowest BCUT2D eigenvalue weighted by Gasteiger charge is -2.08. The number of benzene rings is 1. The topological polar surface area (TPSA) is 49.8 Å². The van der Waals surface area contributed by atoms with Crippen molar-refractivity contribution in [1.82, 2.24) is 0 Å². The summed E-state index contributed by atoms with van der Waals surface area (Å²) in [5.41, 5.74) is 6.00. The molecule has 68 valence electrons. The SMILES string of the molecule is N#CC[C@@H](N)c1ccc(I)cc1F. The predicted octanol–water partition coefficient (Wildman–Crippen LogP) is 2.34. The number of halogens is 2. The van der Waals surface area contributed by atoms with Crippen molar-refractivity contribution in [1.29, 1.82) is 5.26 Å². The van der Waals surface area contributed by atoms with Crippen LogP contribution in [0.5, 0.6) is 0 Å². The molecule has 0 spiro atoms. The van der Waals surface area contributed by atoms with Gasteiger partial charge in [0.15, 0.2) is 0 Å². The van der Waals surface area contributed by atoms with Crippen LogP contribution in [0.3, 0.4) is 0 Å². The number of nitrogens with zero attached hydrogens (tertiary/aromatic N) is 1. The summed E-state index contributed by atoms with van der Waals surface area (Å²) in [4.78, 5) is 0. The van der Waals surface area contributed by atoms with Gasteiger partial charge >= 0.3 is 0 Å². The zero-order valence-electron chi connectivity index (χ0n) is 6.80. The van der Waals surface area contributed by atoms with Gasteiger partial charge in [-0.2, -0.15) is 5.26 Å². The van der Waals surface area contributed by atoms with Gasteiger partial charge in [0.1, 0.15) is 5.82 Å². The standard InChI is InChI=1S/C9H8FIN2/c10-8-5-6(11)1-2-7(8)9(13)3-4-12/h1-2,5,9H,3,13H2/t9-/m1/s1. The van der Waals surface area contributed by atoms with Crippen molar-refractivity contribution in [3.63, 3.8) is 0 Å². The first-order valence-electron chi connectivity index (χ1n) is 3.72. The minimum atomic E-state index is -0.526. The van der Waals surface area contributed by atoms with Gasteiger partial charge in [-0.25, -0.2) is 4.39 Å². The van der Waals surface area contributed by atoms with Gasteiger partial charge in [0.05, 0.1) is 12.5 Å². The summed E-state index contributed by atoms with van der Waals surface area (Å²) < 4.78 is 14.1. The van der Waals surface area contributed by atoms with Crippen LogP contribution in [0, 0.1) is 20.7 Å². The van der Waals surface area contributed by atoms with Crippen molar-refractivity contribution in [2.24, 2.45) is 5.73 Å². The van der Waals surface area contributed by atoms with Crippen molar-refractivity contribution in [3.05, 3.63) is 33.1 Å². The molecule has 0 heterocycles. The van der Waals surface area contributed by atoms with Crippen LogP contribution in [-0.4, -0.2) is 0 Å². The summed E-state index contributed by atoms with van der Waals surface area (Å²) in [6, 6.07) is 6.20. The Hall–Kier alpha value is -0.670. The molecule has 1 aromatic carbocycles. The van der Waals surface area contributed by atoms with Crippen LogP contribution in [-0.2, 0) is 0 Å². The van der Waals surface area contributed by atoms with E-state index in [0.29, 0.717) is 5.56 Å². The maximum Gasteiger partial charge on any atom is 0.129 e. The second kappa shape index (κ2) is 4.53. The number of rotatable bonds is 2. The molecule has 0 amide bonds. The van der Waals surface area contributed by atoms with E-state index >= 15 is 0 Å². The highest BCUT2D eigenvalue weighted by atomic mass is 127. The largest absolute Gasteiger partial charge is 0.323 e. The maximum absolute atomic E-state index is 13.2. The highest BCUT2D eigenvalue weighted by Crippen LogP contribution is 2.19. The molecule has 0 radical (unpaired) electrons. The summed E-state index contributed by atoms with van der Waals surface area (Å²) in [5, 5.41) is 8.39. The molecule has 0 aliphatic carbocycles. The molecule has 0 unspecified atom stereocenters. The second-order valence-electron chi connectivity index (χ2n) is 2.63. The van der Waals surface area contributed by atoms with E-state index in [-0.39, 0.29) is 12.2 Å². The van der Waals surface area contributed by atoms with Gasteiger partial charge in [0.2, 0.25) is 0 Å². The molecule has 1 rings (SSSR count). The zero-order chi connectivity index (χ0) is 9.84. The quantitative estimate of drug-likeness (QED) is 0.850. The first-order valence-corrected chi connectivity index (χ1v) is 4.80. The third kappa shape index (κ3) is 2.64. The summed E-state index contributed by atoms with van der Waals surface area (Å²) in [6.07, 6.45) is 0.136. The maximum atomic E-state index is 13.2. The average Bonchev–Trinajstić information content (AvgIpc) is 2.04. The number of hydrogen-bond donors (Lipinski definition) is 1. The molecule has 0 aromatic heterocycles. The molecule has 2 N–H and O–H groups in total. The van der Waals surface area contributed by atoms with Crippen LogP contribution in [0.2, 0.25) is 0 Å². The molecular formula is C9H8FIN2. The van der Waals surface area contributed by atoms with Crippen molar-refractivity contribution in [3.8, 4) is 6.07 Å². The highest BCUT2D eigenvalue weighted by Gasteiger charge is 2.10. The molecule has 0 saturated carbocycles. The fourth-order valence-corrected chi connectivity index (χ4v) is 1.46. The van der Waals surface area contributed by atoms with Crippen LogP contribution in [0.1, 0.15) is 18.0 Å². The van der Waals surface area contributed by atoms with Gasteiger partial charge in [0, 0.05) is 15.2 Å². The average molecular weight is 290 g/mol. The van der Waals surface area contributed by atoms with Crippen LogP contribution >= 0.6 is 22.6 Å². The third-order valence-corrected chi connectivity index (χ3v) is 2.34. The molecule has 0 saturated heterocycles. The molecular weight excluding hydrogens is 282 g/mol. The van der Waals surface area contributed by atoms with E-state index in [0.717, 1.165) is 3.57 Å². The smallest absolute Gasteiger partial charge is 0.129 e. The third-order valence-electron chi connectivity index (χ3n) is 1.67. The monoisotopic (exact) mass is 290 g/mol. The Kier molecular flexibility index (Phi) is 3.63. The van der Waals surface area contributed by atoms with Crippen molar-refractivity contribution in [2.45, 2.75) is 12.5 Å². The summed E-state index contributed by atoms with van der Waals surface area (Å²) >= 11 is 2.02. The molecule has 13 heavy (non-hydrogen) atoms. The van der Waals surface area contributed by atoms with E-state index < -0.39 is 6.04 Å². The summed E-state index contributed by atoms with van der Waals surface area (Å²) in [5.74, 6) is -0.338. The van der Waals surface area contributed by atoms with Gasteiger partial charge in [-0.15, -0.1) is 0 Å². The van der Waals surface area contributed by atoms with Gasteiger partial charge in [-0.1, -0.05) is 6.07 Å². The minimum absolute atomic E-state index is 0.136. The fraction of sp³-hybridized carbons (Fsp3) is 0.222. The van der Waals surface area contributed by atoms with E-state index in [1.165, 1.54) is 6.07 Å². The van der Waals surface area contributed by atoms with Crippen molar-refractivity contribution in [2.75, 3.05) is 0 Å². The molecule has 0 bridgehead atoms. The molecule has 2 nitrogen and oxygen atoms in total. The van der Waals surface area contributed by atoms with Crippen LogP contribution in [0.15, 0.2) is 18.2 Å². The molecule has 4 heteroatoms. The van der Waals surface area contributed by atoms with Gasteiger partial charge in [-0.3, -0.25) is 0 Å². The minimum Gasteiger partial charge on any atom is -0.323 e. The first-order chi connectivity index (χ1) is 6.15. The Morgan fingerprint density at radius 1 is 1.62 bits per heavy atom. The second-order valence-corrected chi connectivity index (χ2v) is 3.88. The van der Waals surface area contributed by atoms with E-state index in [1.807, 2.05) is 28.7 Å². The number of nitriles is 1. The number of nitrogens with two attached hydrogens (primary N) is 1. The van der Waals surface area contributed by atoms with Gasteiger partial charge < -0.3 is 5.73 Å². The Morgan fingerprint density at radius 2 is 2.31 bits per heavy atom. The van der Waals surface area contributed by atoms with E-state index in [2.05, 4.69) is 0 Å². The lowest BCUT2D eigenvalue weighted by molar-refractivity contribution is 0.584. The van der Waals surface area contributed by atoms with Crippen molar-refractivity contribution >= 4 is 22.6 Å². The van der Waals surface area contributed by atoms with E-state index in [1.54, 1.807) is 12.1 Å². The Morgan fingerprint density at radius 3 is 2.85 bits per heavy atom. The summed E-state index contributed by atoms with van der Waals surface area (Å²) in [6.45, 7) is 0. The van der Waals surface area contributed by atoms with Crippen LogP contribution < -0.4 is 5.73 Å². The molecule has 0 aliphatic heterocycles. The first kappa shape index (κ1) is 10.4. The molecule has 0 fully saturated rings.